The Morgan fingerprint density at radius 3 is 2.81 bits per heavy atom. The van der Waals surface area contributed by atoms with Crippen LogP contribution in [0.15, 0.2) is 48.8 Å². The van der Waals surface area contributed by atoms with Gasteiger partial charge in [-0.25, -0.2) is 14.3 Å². The van der Waals surface area contributed by atoms with Crippen molar-refractivity contribution < 1.29 is 19.4 Å². The van der Waals surface area contributed by atoms with Crippen molar-refractivity contribution in [3.63, 3.8) is 0 Å². The predicted molar refractivity (Wildman–Crippen MR) is 113 cm³/mol. The van der Waals surface area contributed by atoms with E-state index in [1.54, 1.807) is 24.5 Å². The SMILES string of the molecule is COC(=O)c1cccc(O[C@@H]2C[C@@H]3CN(Cc4cccc5ncnn45)C[C@@H]3C[C@H]2O)c1. The first-order valence-electron chi connectivity index (χ1n) is 10.6. The Labute approximate surface area is 180 Å². The van der Waals surface area contributed by atoms with Crippen LogP contribution < -0.4 is 4.74 Å². The highest BCUT2D eigenvalue weighted by molar-refractivity contribution is 5.89. The van der Waals surface area contributed by atoms with Crippen LogP contribution >= 0.6 is 0 Å². The second-order valence-corrected chi connectivity index (χ2v) is 8.48. The number of rotatable bonds is 5. The first-order chi connectivity index (χ1) is 15.1. The monoisotopic (exact) mass is 422 g/mol. The number of ether oxygens (including phenoxy) is 2. The van der Waals surface area contributed by atoms with E-state index in [9.17, 15) is 9.90 Å². The molecule has 2 aliphatic rings. The van der Waals surface area contributed by atoms with Crippen molar-refractivity contribution in [1.29, 1.82) is 0 Å². The number of nitrogens with zero attached hydrogens (tertiary/aromatic N) is 4. The standard InChI is InChI=1S/C23H26N4O4/c1-30-23(29)15-4-2-6-19(8-15)31-21-10-17-12-26(11-16(17)9-20(21)28)13-18-5-3-7-22-24-14-25-27(18)22/h2-8,14,16-17,20-21,28H,9-13H2,1H3/t16-,17+,20+,21+/m0/s1. The number of methoxy groups -OCH3 is 1. The van der Waals surface area contributed by atoms with E-state index < -0.39 is 12.1 Å². The molecule has 0 spiro atoms. The Balaban J connectivity index is 1.25. The molecule has 3 aromatic rings. The second-order valence-electron chi connectivity index (χ2n) is 8.48. The normalized spacial score (nSPS) is 26.0. The maximum absolute atomic E-state index is 11.8. The van der Waals surface area contributed by atoms with Gasteiger partial charge in [0.05, 0.1) is 24.5 Å². The summed E-state index contributed by atoms with van der Waals surface area (Å²) >= 11 is 0. The lowest BCUT2D eigenvalue weighted by Gasteiger charge is -2.35. The summed E-state index contributed by atoms with van der Waals surface area (Å²) in [7, 11) is 1.36. The third kappa shape index (κ3) is 4.00. The molecule has 0 amide bonds. The molecule has 0 bridgehead atoms. The van der Waals surface area contributed by atoms with Crippen LogP contribution in [-0.2, 0) is 11.3 Å². The van der Waals surface area contributed by atoms with E-state index in [1.807, 2.05) is 22.7 Å². The van der Waals surface area contributed by atoms with Gasteiger partial charge in [-0.05, 0) is 55.0 Å². The number of aromatic nitrogens is 3. The number of hydrogen-bond acceptors (Lipinski definition) is 7. The lowest BCUT2D eigenvalue weighted by atomic mass is 9.78. The summed E-state index contributed by atoms with van der Waals surface area (Å²) in [5, 5.41) is 15.1. The van der Waals surface area contributed by atoms with E-state index >= 15 is 0 Å². The molecule has 0 unspecified atom stereocenters. The van der Waals surface area contributed by atoms with Gasteiger partial charge in [0.25, 0.3) is 0 Å². The summed E-state index contributed by atoms with van der Waals surface area (Å²) in [4.78, 5) is 18.5. The molecule has 0 radical (unpaired) electrons. The average Bonchev–Trinajstić information content (AvgIpc) is 3.40. The predicted octanol–water partition coefficient (Wildman–Crippen LogP) is 2.17. The molecule has 31 heavy (non-hydrogen) atoms. The number of benzene rings is 1. The highest BCUT2D eigenvalue weighted by atomic mass is 16.5. The lowest BCUT2D eigenvalue weighted by Crippen LogP contribution is -2.42. The summed E-state index contributed by atoms with van der Waals surface area (Å²) in [6.07, 6.45) is 2.28. The quantitative estimate of drug-likeness (QED) is 0.631. The summed E-state index contributed by atoms with van der Waals surface area (Å²) < 4.78 is 12.8. The average molecular weight is 422 g/mol. The smallest absolute Gasteiger partial charge is 0.337 e. The number of likely N-dealkylation sites (tertiary alicyclic amines) is 1. The first-order valence-corrected chi connectivity index (χ1v) is 10.6. The fourth-order valence-corrected chi connectivity index (χ4v) is 4.98. The van der Waals surface area contributed by atoms with Gasteiger partial charge in [-0.2, -0.15) is 5.10 Å². The molecule has 1 saturated heterocycles. The Morgan fingerprint density at radius 1 is 1.16 bits per heavy atom. The third-order valence-electron chi connectivity index (χ3n) is 6.47. The van der Waals surface area contributed by atoms with Gasteiger partial charge in [-0.3, -0.25) is 4.90 Å². The zero-order chi connectivity index (χ0) is 21.4. The summed E-state index contributed by atoms with van der Waals surface area (Å²) in [5.74, 6) is 1.10. The topological polar surface area (TPSA) is 89.2 Å². The maximum Gasteiger partial charge on any atom is 0.337 e. The Morgan fingerprint density at radius 2 is 1.97 bits per heavy atom. The zero-order valence-electron chi connectivity index (χ0n) is 17.4. The van der Waals surface area contributed by atoms with Gasteiger partial charge >= 0.3 is 5.97 Å². The number of aliphatic hydroxyl groups excluding tert-OH is 1. The van der Waals surface area contributed by atoms with Crippen LogP contribution in [0.5, 0.6) is 5.75 Å². The maximum atomic E-state index is 11.8. The molecule has 3 heterocycles. The van der Waals surface area contributed by atoms with Crippen molar-refractivity contribution >= 4 is 11.6 Å². The molecule has 1 saturated carbocycles. The van der Waals surface area contributed by atoms with Gasteiger partial charge in [0, 0.05) is 19.6 Å². The van der Waals surface area contributed by atoms with Gasteiger partial charge < -0.3 is 14.6 Å². The van der Waals surface area contributed by atoms with Crippen LogP contribution in [0.25, 0.3) is 5.65 Å². The minimum atomic E-state index is -0.526. The molecule has 2 fully saturated rings. The number of esters is 1. The fraction of sp³-hybridized carbons (Fsp3) is 0.435. The number of pyridine rings is 1. The summed E-state index contributed by atoms with van der Waals surface area (Å²) in [6.45, 7) is 2.72. The molecule has 1 N–H and O–H groups in total. The second kappa shape index (κ2) is 8.28. The lowest BCUT2D eigenvalue weighted by molar-refractivity contribution is -0.0231. The molecule has 1 aromatic carbocycles. The Hall–Kier alpha value is -2.97. The van der Waals surface area contributed by atoms with Gasteiger partial charge in [-0.15, -0.1) is 0 Å². The molecule has 4 atom stereocenters. The van der Waals surface area contributed by atoms with Crippen molar-refractivity contribution in [2.75, 3.05) is 20.2 Å². The zero-order valence-corrected chi connectivity index (χ0v) is 17.4. The minimum Gasteiger partial charge on any atom is -0.488 e. The molecule has 1 aliphatic carbocycles. The number of carbonyl (C=O) groups is 1. The molecular formula is C23H26N4O4. The van der Waals surface area contributed by atoms with Crippen LogP contribution in [0, 0.1) is 11.8 Å². The van der Waals surface area contributed by atoms with E-state index in [-0.39, 0.29) is 6.10 Å². The highest BCUT2D eigenvalue weighted by Gasteiger charge is 2.42. The van der Waals surface area contributed by atoms with Crippen LogP contribution in [0.1, 0.15) is 28.9 Å². The Bertz CT molecular complexity index is 1080. The molecule has 2 aromatic heterocycles. The first kappa shape index (κ1) is 20.0. The van der Waals surface area contributed by atoms with E-state index in [2.05, 4.69) is 21.0 Å². The number of carbonyl (C=O) groups excluding carboxylic acids is 1. The van der Waals surface area contributed by atoms with Gasteiger partial charge in [0.1, 0.15) is 18.2 Å². The fourth-order valence-electron chi connectivity index (χ4n) is 4.98. The van der Waals surface area contributed by atoms with Gasteiger partial charge in [0.15, 0.2) is 5.65 Å². The van der Waals surface area contributed by atoms with Crippen molar-refractivity contribution in [1.82, 2.24) is 19.5 Å². The highest BCUT2D eigenvalue weighted by Crippen LogP contribution is 2.38. The van der Waals surface area contributed by atoms with Crippen molar-refractivity contribution in [2.45, 2.75) is 31.6 Å². The minimum absolute atomic E-state index is 0.284. The Kier molecular flexibility index (Phi) is 5.33. The van der Waals surface area contributed by atoms with Gasteiger partial charge in [-0.1, -0.05) is 12.1 Å². The molecule has 8 nitrogen and oxygen atoms in total. The largest absolute Gasteiger partial charge is 0.488 e. The van der Waals surface area contributed by atoms with Gasteiger partial charge in [0.2, 0.25) is 0 Å². The molecule has 5 rings (SSSR count). The van der Waals surface area contributed by atoms with Crippen LogP contribution in [0.2, 0.25) is 0 Å². The summed E-state index contributed by atoms with van der Waals surface area (Å²) in [5.41, 5.74) is 2.41. The molecule has 1 aliphatic heterocycles. The van der Waals surface area contributed by atoms with Crippen molar-refractivity contribution in [3.05, 3.63) is 60.0 Å². The molecule has 8 heteroatoms. The molecular weight excluding hydrogens is 396 g/mol. The number of hydrogen-bond donors (Lipinski definition) is 1. The van der Waals surface area contributed by atoms with Crippen LogP contribution in [0.4, 0.5) is 0 Å². The number of fused-ring (bicyclic) bond motifs is 2. The van der Waals surface area contributed by atoms with Crippen molar-refractivity contribution in [2.24, 2.45) is 11.8 Å². The van der Waals surface area contributed by atoms with E-state index in [0.717, 1.165) is 43.8 Å². The number of aliphatic hydroxyl groups is 1. The van der Waals surface area contributed by atoms with E-state index in [0.29, 0.717) is 23.1 Å². The van der Waals surface area contributed by atoms with Crippen LogP contribution in [-0.4, -0.2) is 63.0 Å². The van der Waals surface area contributed by atoms with Crippen LogP contribution in [0.3, 0.4) is 0 Å². The molecule has 162 valence electrons. The third-order valence-corrected chi connectivity index (χ3v) is 6.47. The van der Waals surface area contributed by atoms with Crippen molar-refractivity contribution in [3.8, 4) is 5.75 Å². The van der Waals surface area contributed by atoms with E-state index in [1.165, 1.54) is 7.11 Å². The van der Waals surface area contributed by atoms with E-state index in [4.69, 9.17) is 9.47 Å². The summed E-state index contributed by atoms with van der Waals surface area (Å²) in [6, 6.07) is 13.0.